The Hall–Kier alpha value is -2.39. The van der Waals surface area contributed by atoms with E-state index >= 15 is 0 Å². The molecule has 1 aliphatic rings. The van der Waals surface area contributed by atoms with Gasteiger partial charge >= 0.3 is 5.97 Å². The van der Waals surface area contributed by atoms with Crippen molar-refractivity contribution in [1.29, 1.82) is 0 Å². The Labute approximate surface area is 155 Å². The van der Waals surface area contributed by atoms with Crippen LogP contribution in [-0.2, 0) is 21.2 Å². The summed E-state index contributed by atoms with van der Waals surface area (Å²) in [7, 11) is -2.09. The lowest BCUT2D eigenvalue weighted by atomic mass is 10.1. The average Bonchev–Trinajstić information content (AvgIpc) is 3.15. The van der Waals surface area contributed by atoms with Crippen LogP contribution in [0, 0.1) is 0 Å². The average molecular weight is 394 g/mol. The van der Waals surface area contributed by atoms with Crippen molar-refractivity contribution in [2.24, 2.45) is 0 Å². The lowest BCUT2D eigenvalue weighted by Gasteiger charge is -2.21. The highest BCUT2D eigenvalue weighted by molar-refractivity contribution is 7.92. The fourth-order valence-electron chi connectivity index (χ4n) is 3.10. The third kappa shape index (κ3) is 3.32. The van der Waals surface area contributed by atoms with Gasteiger partial charge in [-0.2, -0.15) is 0 Å². The number of esters is 1. The standard InChI is InChI=1S/C17H18N2O5S2/c1-10-8-12-9-11(4-5-14(12)19(10)26(3,22)23)16(20)18-13-6-7-25-15(13)17(21)24-2/h4-7,9-10H,8H2,1-3H3,(H,18,20). The number of anilines is 2. The Kier molecular flexibility index (Phi) is 4.76. The van der Waals surface area contributed by atoms with Crippen molar-refractivity contribution in [1.82, 2.24) is 0 Å². The van der Waals surface area contributed by atoms with Crippen molar-refractivity contribution >= 4 is 44.6 Å². The number of methoxy groups -OCH3 is 1. The zero-order valence-electron chi connectivity index (χ0n) is 14.5. The molecule has 9 heteroatoms. The van der Waals surface area contributed by atoms with Gasteiger partial charge < -0.3 is 10.1 Å². The van der Waals surface area contributed by atoms with Crippen molar-refractivity contribution in [2.75, 3.05) is 23.0 Å². The molecule has 3 rings (SSSR count). The van der Waals surface area contributed by atoms with Crippen molar-refractivity contribution in [3.63, 3.8) is 0 Å². The molecule has 0 radical (unpaired) electrons. The van der Waals surface area contributed by atoms with Gasteiger partial charge in [-0.05, 0) is 48.6 Å². The minimum atomic E-state index is -3.37. The van der Waals surface area contributed by atoms with Crippen LogP contribution in [0.3, 0.4) is 0 Å². The number of amides is 1. The van der Waals surface area contributed by atoms with E-state index < -0.39 is 16.0 Å². The highest BCUT2D eigenvalue weighted by Gasteiger charge is 2.32. The van der Waals surface area contributed by atoms with Gasteiger partial charge in [0.25, 0.3) is 5.91 Å². The summed E-state index contributed by atoms with van der Waals surface area (Å²) in [5.41, 5.74) is 2.18. The summed E-state index contributed by atoms with van der Waals surface area (Å²) >= 11 is 1.18. The summed E-state index contributed by atoms with van der Waals surface area (Å²) in [4.78, 5) is 24.6. The van der Waals surface area contributed by atoms with Crippen LogP contribution in [0.4, 0.5) is 11.4 Å². The van der Waals surface area contributed by atoms with E-state index in [-0.39, 0.29) is 11.9 Å². The first-order valence-electron chi connectivity index (χ1n) is 7.82. The molecule has 0 spiro atoms. The number of carbonyl (C=O) groups excluding carboxylic acids is 2. The van der Waals surface area contributed by atoms with Crippen molar-refractivity contribution in [3.05, 3.63) is 45.6 Å². The maximum Gasteiger partial charge on any atom is 0.350 e. The summed E-state index contributed by atoms with van der Waals surface area (Å²) in [5.74, 6) is -0.885. The van der Waals surface area contributed by atoms with Crippen LogP contribution < -0.4 is 9.62 Å². The van der Waals surface area contributed by atoms with Gasteiger partial charge in [0, 0.05) is 11.6 Å². The van der Waals surface area contributed by atoms with Crippen LogP contribution >= 0.6 is 11.3 Å². The molecule has 1 aromatic carbocycles. The molecule has 26 heavy (non-hydrogen) atoms. The summed E-state index contributed by atoms with van der Waals surface area (Å²) in [6.45, 7) is 1.83. The Balaban J connectivity index is 1.86. The molecule has 1 amide bonds. The van der Waals surface area contributed by atoms with Gasteiger partial charge in [0.05, 0.1) is 24.7 Å². The fourth-order valence-corrected chi connectivity index (χ4v) is 5.13. The molecule has 1 N–H and O–H groups in total. The molecule has 1 aliphatic heterocycles. The molecular formula is C17H18N2O5S2. The Morgan fingerprint density at radius 3 is 2.69 bits per heavy atom. The van der Waals surface area contributed by atoms with E-state index in [1.54, 1.807) is 29.6 Å². The molecular weight excluding hydrogens is 376 g/mol. The molecule has 0 fully saturated rings. The molecule has 0 bridgehead atoms. The number of hydrogen-bond acceptors (Lipinski definition) is 6. The number of thiophene rings is 1. The first kappa shape index (κ1) is 18.4. The number of nitrogens with one attached hydrogen (secondary N) is 1. The van der Waals surface area contributed by atoms with E-state index in [1.807, 2.05) is 6.92 Å². The minimum absolute atomic E-state index is 0.193. The third-order valence-corrected chi connectivity index (χ3v) is 6.30. The molecule has 0 aliphatic carbocycles. The number of hydrogen-bond donors (Lipinski definition) is 1. The Morgan fingerprint density at radius 1 is 1.31 bits per heavy atom. The monoisotopic (exact) mass is 394 g/mol. The van der Waals surface area contributed by atoms with Crippen molar-refractivity contribution in [3.8, 4) is 0 Å². The molecule has 0 saturated heterocycles. The minimum Gasteiger partial charge on any atom is -0.465 e. The van der Waals surface area contributed by atoms with Crippen molar-refractivity contribution in [2.45, 2.75) is 19.4 Å². The maximum absolute atomic E-state index is 12.5. The summed E-state index contributed by atoms with van der Waals surface area (Å²) in [6.07, 6.45) is 1.71. The normalized spacial score (nSPS) is 16.3. The predicted molar refractivity (Wildman–Crippen MR) is 101 cm³/mol. The van der Waals surface area contributed by atoms with Crippen LogP contribution in [0.5, 0.6) is 0 Å². The zero-order valence-corrected chi connectivity index (χ0v) is 16.1. The summed E-state index contributed by atoms with van der Waals surface area (Å²) < 4.78 is 30.0. The fraction of sp³-hybridized carbons (Fsp3) is 0.294. The first-order chi connectivity index (χ1) is 12.2. The van der Waals surface area contributed by atoms with Crippen LogP contribution in [0.25, 0.3) is 0 Å². The molecule has 1 aromatic heterocycles. The first-order valence-corrected chi connectivity index (χ1v) is 10.5. The third-order valence-electron chi connectivity index (χ3n) is 4.14. The number of nitrogens with zero attached hydrogens (tertiary/aromatic N) is 1. The van der Waals surface area contributed by atoms with Crippen LogP contribution in [0.2, 0.25) is 0 Å². The smallest absolute Gasteiger partial charge is 0.350 e. The van der Waals surface area contributed by atoms with E-state index in [9.17, 15) is 18.0 Å². The van der Waals surface area contributed by atoms with Gasteiger partial charge in [-0.15, -0.1) is 11.3 Å². The van der Waals surface area contributed by atoms with E-state index in [2.05, 4.69) is 5.32 Å². The van der Waals surface area contributed by atoms with Crippen LogP contribution in [0.15, 0.2) is 29.6 Å². The van der Waals surface area contributed by atoms with Gasteiger partial charge in [-0.25, -0.2) is 13.2 Å². The molecule has 0 saturated carbocycles. The number of carbonyl (C=O) groups is 2. The quantitative estimate of drug-likeness (QED) is 0.805. The van der Waals surface area contributed by atoms with E-state index in [4.69, 9.17) is 4.74 Å². The highest BCUT2D eigenvalue weighted by Crippen LogP contribution is 2.35. The van der Waals surface area contributed by atoms with Gasteiger partial charge in [-0.3, -0.25) is 9.10 Å². The largest absolute Gasteiger partial charge is 0.465 e. The molecule has 1 atom stereocenters. The summed E-state index contributed by atoms with van der Waals surface area (Å²) in [6, 6.07) is 6.35. The van der Waals surface area contributed by atoms with Gasteiger partial charge in [-0.1, -0.05) is 0 Å². The second kappa shape index (κ2) is 6.73. The number of rotatable bonds is 4. The number of ether oxygens (including phenoxy) is 1. The van der Waals surface area contributed by atoms with E-state index in [0.29, 0.717) is 28.2 Å². The lowest BCUT2D eigenvalue weighted by molar-refractivity contribution is 0.0607. The molecule has 2 heterocycles. The van der Waals surface area contributed by atoms with Crippen LogP contribution in [-0.4, -0.2) is 39.7 Å². The maximum atomic E-state index is 12.5. The molecule has 7 nitrogen and oxygen atoms in total. The SMILES string of the molecule is COC(=O)c1sccc1NC(=O)c1ccc2c(c1)CC(C)N2S(C)(=O)=O. The Morgan fingerprint density at radius 2 is 2.04 bits per heavy atom. The van der Waals surface area contributed by atoms with Crippen molar-refractivity contribution < 1.29 is 22.7 Å². The predicted octanol–water partition coefficient (Wildman–Crippen LogP) is 2.50. The summed E-state index contributed by atoms with van der Waals surface area (Å²) in [5, 5.41) is 4.40. The number of fused-ring (bicyclic) bond motifs is 1. The molecule has 1 unspecified atom stereocenters. The van der Waals surface area contributed by atoms with E-state index in [0.717, 1.165) is 5.56 Å². The molecule has 138 valence electrons. The van der Waals surface area contributed by atoms with Gasteiger partial charge in [0.1, 0.15) is 4.88 Å². The Bertz CT molecular complexity index is 981. The number of sulfonamides is 1. The molecule has 2 aromatic rings. The lowest BCUT2D eigenvalue weighted by Crippen LogP contribution is -2.34. The number of benzene rings is 1. The van der Waals surface area contributed by atoms with Gasteiger partial charge in [0.2, 0.25) is 10.0 Å². The topological polar surface area (TPSA) is 92.8 Å². The van der Waals surface area contributed by atoms with E-state index in [1.165, 1.54) is 29.0 Å². The highest BCUT2D eigenvalue weighted by atomic mass is 32.2. The second-order valence-corrected chi connectivity index (χ2v) is 8.84. The zero-order chi connectivity index (χ0) is 19.1. The second-order valence-electron chi connectivity index (χ2n) is 6.06. The van der Waals surface area contributed by atoms with Gasteiger partial charge in [0.15, 0.2) is 0 Å². The van der Waals surface area contributed by atoms with Crippen LogP contribution in [0.1, 0.15) is 32.5 Å².